The van der Waals surface area contributed by atoms with E-state index in [9.17, 15) is 0 Å². The van der Waals surface area contributed by atoms with E-state index in [0.717, 1.165) is 41.9 Å². The van der Waals surface area contributed by atoms with Crippen LogP contribution < -0.4 is 5.32 Å². The number of aromatic amines is 1. The molecule has 0 saturated carbocycles. The zero-order valence-corrected chi connectivity index (χ0v) is 11.2. The highest BCUT2D eigenvalue weighted by molar-refractivity contribution is 5.85. The Hall–Kier alpha value is -1.71. The van der Waals surface area contributed by atoms with Crippen molar-refractivity contribution in [1.82, 2.24) is 10.3 Å². The number of fused-ring (bicyclic) bond motifs is 2. The highest BCUT2D eigenvalue weighted by Gasteiger charge is 2.15. The van der Waals surface area contributed by atoms with Crippen LogP contribution in [0.3, 0.4) is 0 Å². The molecule has 0 fully saturated rings. The Morgan fingerprint density at radius 3 is 2.84 bits per heavy atom. The van der Waals surface area contributed by atoms with Crippen molar-refractivity contribution in [3.05, 3.63) is 47.7 Å². The molecule has 3 aromatic rings. The molecule has 1 aliphatic heterocycles. The lowest BCUT2D eigenvalue weighted by atomic mass is 10.1. The first-order chi connectivity index (χ1) is 8.90. The average molecular weight is 275 g/mol. The minimum Gasteiger partial charge on any atom is -0.455 e. The number of para-hydroxylation sites is 1. The van der Waals surface area contributed by atoms with Crippen molar-refractivity contribution in [2.75, 3.05) is 6.54 Å². The first-order valence-corrected chi connectivity index (χ1v) is 6.30. The smallest absolute Gasteiger partial charge is 0.151 e. The lowest BCUT2D eigenvalue weighted by Crippen LogP contribution is -2.22. The Morgan fingerprint density at radius 1 is 1.11 bits per heavy atom. The predicted octanol–water partition coefficient (Wildman–Crippen LogP) is 3.50. The molecule has 0 aliphatic carbocycles. The fourth-order valence-electron chi connectivity index (χ4n) is 2.60. The second-order valence-electron chi connectivity index (χ2n) is 4.76. The average Bonchev–Trinajstić information content (AvgIpc) is 3.02. The van der Waals surface area contributed by atoms with Gasteiger partial charge in [-0.15, -0.1) is 12.4 Å². The third-order valence-electron chi connectivity index (χ3n) is 3.55. The van der Waals surface area contributed by atoms with E-state index in [0.29, 0.717) is 0 Å². The number of furan rings is 1. The van der Waals surface area contributed by atoms with E-state index in [-0.39, 0.29) is 12.4 Å². The van der Waals surface area contributed by atoms with Crippen LogP contribution in [0.1, 0.15) is 11.3 Å². The van der Waals surface area contributed by atoms with E-state index in [1.54, 1.807) is 0 Å². The van der Waals surface area contributed by atoms with Crippen molar-refractivity contribution in [3.63, 3.8) is 0 Å². The maximum absolute atomic E-state index is 5.88. The Bertz CT molecular complexity index is 657. The second kappa shape index (κ2) is 4.76. The van der Waals surface area contributed by atoms with Gasteiger partial charge in [0.25, 0.3) is 0 Å². The number of aromatic nitrogens is 1. The van der Waals surface area contributed by atoms with Crippen LogP contribution >= 0.6 is 12.4 Å². The van der Waals surface area contributed by atoms with Gasteiger partial charge in [-0.3, -0.25) is 0 Å². The van der Waals surface area contributed by atoms with Crippen LogP contribution in [0.25, 0.3) is 22.4 Å². The van der Waals surface area contributed by atoms with E-state index in [1.165, 1.54) is 11.3 Å². The number of halogens is 1. The molecule has 4 heteroatoms. The molecular weight excluding hydrogens is 260 g/mol. The van der Waals surface area contributed by atoms with Gasteiger partial charge in [0.1, 0.15) is 5.58 Å². The molecule has 1 aliphatic rings. The van der Waals surface area contributed by atoms with Gasteiger partial charge in [-0.2, -0.15) is 0 Å². The zero-order chi connectivity index (χ0) is 11.9. The minimum atomic E-state index is 0. The third-order valence-corrected chi connectivity index (χ3v) is 3.55. The summed E-state index contributed by atoms with van der Waals surface area (Å²) in [4.78, 5) is 3.48. The number of benzene rings is 1. The van der Waals surface area contributed by atoms with Gasteiger partial charge >= 0.3 is 0 Å². The number of H-pyrrole nitrogens is 1. The molecule has 1 aromatic carbocycles. The normalized spacial score (nSPS) is 14.1. The monoisotopic (exact) mass is 274 g/mol. The highest BCUT2D eigenvalue weighted by atomic mass is 35.5. The van der Waals surface area contributed by atoms with E-state index in [2.05, 4.69) is 28.5 Å². The Balaban J connectivity index is 0.00000110. The Kier molecular flexibility index (Phi) is 3.09. The van der Waals surface area contributed by atoms with Crippen LogP contribution in [-0.4, -0.2) is 11.5 Å². The Labute approximate surface area is 117 Å². The largest absolute Gasteiger partial charge is 0.455 e. The molecule has 4 rings (SSSR count). The van der Waals surface area contributed by atoms with Gasteiger partial charge in [0.05, 0.1) is 5.69 Å². The summed E-state index contributed by atoms with van der Waals surface area (Å²) in [6.45, 7) is 2.00. The highest BCUT2D eigenvalue weighted by Crippen LogP contribution is 2.29. The molecule has 0 radical (unpaired) electrons. The number of hydrogen-bond acceptors (Lipinski definition) is 2. The summed E-state index contributed by atoms with van der Waals surface area (Å²) >= 11 is 0. The molecule has 98 valence electrons. The number of hydrogen-bond donors (Lipinski definition) is 2. The maximum atomic E-state index is 5.88. The van der Waals surface area contributed by atoms with Gasteiger partial charge in [-0.1, -0.05) is 18.2 Å². The van der Waals surface area contributed by atoms with Crippen molar-refractivity contribution in [2.24, 2.45) is 0 Å². The molecule has 0 bridgehead atoms. The van der Waals surface area contributed by atoms with E-state index >= 15 is 0 Å². The molecular formula is C15H15ClN2O. The van der Waals surface area contributed by atoms with E-state index in [4.69, 9.17) is 4.42 Å². The Morgan fingerprint density at radius 2 is 2.00 bits per heavy atom. The lowest BCUT2D eigenvalue weighted by molar-refractivity contribution is 0.627. The molecule has 3 heterocycles. The number of nitrogens with one attached hydrogen (secondary N) is 2. The van der Waals surface area contributed by atoms with E-state index in [1.807, 2.05) is 18.2 Å². The molecule has 0 atom stereocenters. The van der Waals surface area contributed by atoms with Crippen LogP contribution in [0.4, 0.5) is 0 Å². The summed E-state index contributed by atoms with van der Waals surface area (Å²) in [5.41, 5.74) is 4.72. The van der Waals surface area contributed by atoms with Crippen molar-refractivity contribution >= 4 is 23.4 Å². The van der Waals surface area contributed by atoms with Crippen LogP contribution in [0.15, 0.2) is 40.8 Å². The molecule has 0 unspecified atom stereocenters. The third kappa shape index (κ3) is 2.05. The van der Waals surface area contributed by atoms with Crippen LogP contribution in [-0.2, 0) is 13.0 Å². The standard InChI is InChI=1S/C15H14N2O.ClH/c1-2-4-14-10(3-1)8-15(18-14)13-7-11-9-16-6-5-12(11)17-13;/h1-4,7-8,16-17H,5-6,9H2;1H. The topological polar surface area (TPSA) is 41.0 Å². The van der Waals surface area contributed by atoms with Gasteiger partial charge in [0, 0.05) is 30.6 Å². The first kappa shape index (κ1) is 12.3. The van der Waals surface area contributed by atoms with Crippen LogP contribution in [0.2, 0.25) is 0 Å². The molecule has 19 heavy (non-hydrogen) atoms. The van der Waals surface area contributed by atoms with Gasteiger partial charge in [-0.25, -0.2) is 0 Å². The van der Waals surface area contributed by atoms with Crippen molar-refractivity contribution < 1.29 is 4.42 Å². The molecule has 0 saturated heterocycles. The summed E-state index contributed by atoms with van der Waals surface area (Å²) in [5.74, 6) is 0.922. The van der Waals surface area contributed by atoms with Gasteiger partial charge in [0.2, 0.25) is 0 Å². The summed E-state index contributed by atoms with van der Waals surface area (Å²) in [6, 6.07) is 12.4. The lowest BCUT2D eigenvalue weighted by Gasteiger charge is -2.11. The summed E-state index contributed by atoms with van der Waals surface area (Å²) in [6.07, 6.45) is 1.07. The SMILES string of the molecule is Cl.c1ccc2oc(-c3cc4c([nH]3)CCNC4)cc2c1. The van der Waals surface area contributed by atoms with Crippen molar-refractivity contribution in [2.45, 2.75) is 13.0 Å². The summed E-state index contributed by atoms with van der Waals surface area (Å²) < 4.78 is 5.88. The predicted molar refractivity (Wildman–Crippen MR) is 78.7 cm³/mol. The number of rotatable bonds is 1. The fourth-order valence-corrected chi connectivity index (χ4v) is 2.60. The molecule has 3 nitrogen and oxygen atoms in total. The van der Waals surface area contributed by atoms with Crippen molar-refractivity contribution in [1.29, 1.82) is 0 Å². The van der Waals surface area contributed by atoms with Gasteiger partial charge in [-0.05, 0) is 23.8 Å². The minimum absolute atomic E-state index is 0. The second-order valence-corrected chi connectivity index (χ2v) is 4.76. The van der Waals surface area contributed by atoms with Crippen LogP contribution in [0, 0.1) is 0 Å². The molecule has 2 N–H and O–H groups in total. The summed E-state index contributed by atoms with van der Waals surface area (Å²) in [7, 11) is 0. The quantitative estimate of drug-likeness (QED) is 0.713. The molecule has 0 spiro atoms. The van der Waals surface area contributed by atoms with E-state index < -0.39 is 0 Å². The first-order valence-electron chi connectivity index (χ1n) is 6.30. The zero-order valence-electron chi connectivity index (χ0n) is 10.4. The van der Waals surface area contributed by atoms with Gasteiger partial charge < -0.3 is 14.7 Å². The maximum Gasteiger partial charge on any atom is 0.151 e. The summed E-state index contributed by atoms with van der Waals surface area (Å²) in [5, 5.41) is 4.53. The molecule has 0 amide bonds. The van der Waals surface area contributed by atoms with Crippen LogP contribution in [0.5, 0.6) is 0 Å². The molecule has 2 aromatic heterocycles. The van der Waals surface area contributed by atoms with Gasteiger partial charge in [0.15, 0.2) is 5.76 Å². The fraction of sp³-hybridized carbons (Fsp3) is 0.200. The van der Waals surface area contributed by atoms with Crippen molar-refractivity contribution in [3.8, 4) is 11.5 Å².